The minimum absolute atomic E-state index is 0.0283. The van der Waals surface area contributed by atoms with Crippen LogP contribution in [0.2, 0.25) is 0 Å². The SMILES string of the molecule is O=C(N[C@@H](CO)Cc1c[nH]c2ccccc12)c1cc(CCO)cc2c1OCCCC2. The molecule has 0 unspecified atom stereocenters. The molecule has 0 radical (unpaired) electrons. The van der Waals surface area contributed by atoms with E-state index in [2.05, 4.69) is 10.3 Å². The number of ether oxygens (including phenoxy) is 1. The molecule has 30 heavy (non-hydrogen) atoms. The maximum absolute atomic E-state index is 13.2. The number of carbonyl (C=O) groups excluding carboxylic acids is 1. The third-order valence-corrected chi connectivity index (χ3v) is 5.65. The number of benzene rings is 2. The van der Waals surface area contributed by atoms with Crippen LogP contribution in [0.25, 0.3) is 10.9 Å². The maximum Gasteiger partial charge on any atom is 0.255 e. The van der Waals surface area contributed by atoms with Gasteiger partial charge in [0.2, 0.25) is 0 Å². The van der Waals surface area contributed by atoms with Gasteiger partial charge in [-0.3, -0.25) is 4.79 Å². The van der Waals surface area contributed by atoms with Gasteiger partial charge in [-0.05, 0) is 60.9 Å². The highest BCUT2D eigenvalue weighted by Gasteiger charge is 2.22. The summed E-state index contributed by atoms with van der Waals surface area (Å²) in [5, 5.41) is 23.4. The van der Waals surface area contributed by atoms with Gasteiger partial charge in [0, 0.05) is 23.7 Å². The van der Waals surface area contributed by atoms with Crippen LogP contribution in [0.5, 0.6) is 5.75 Å². The first-order valence-corrected chi connectivity index (χ1v) is 10.6. The van der Waals surface area contributed by atoms with Gasteiger partial charge in [0.15, 0.2) is 0 Å². The maximum atomic E-state index is 13.2. The van der Waals surface area contributed by atoms with Crippen molar-refractivity contribution in [1.29, 1.82) is 0 Å². The van der Waals surface area contributed by atoms with Crippen molar-refractivity contribution in [1.82, 2.24) is 10.3 Å². The van der Waals surface area contributed by atoms with Crippen molar-refractivity contribution < 1.29 is 19.7 Å². The number of carbonyl (C=O) groups is 1. The lowest BCUT2D eigenvalue weighted by Crippen LogP contribution is -2.39. The summed E-state index contributed by atoms with van der Waals surface area (Å²) in [7, 11) is 0. The molecule has 0 spiro atoms. The zero-order valence-electron chi connectivity index (χ0n) is 17.0. The fourth-order valence-electron chi connectivity index (χ4n) is 4.14. The monoisotopic (exact) mass is 408 g/mol. The van der Waals surface area contributed by atoms with E-state index in [1.807, 2.05) is 36.5 Å². The number of fused-ring (bicyclic) bond motifs is 2. The number of aromatic nitrogens is 1. The smallest absolute Gasteiger partial charge is 0.255 e. The third kappa shape index (κ3) is 4.35. The molecule has 4 N–H and O–H groups in total. The van der Waals surface area contributed by atoms with Crippen LogP contribution in [-0.4, -0.2) is 47.0 Å². The van der Waals surface area contributed by atoms with Crippen LogP contribution >= 0.6 is 0 Å². The first kappa shape index (κ1) is 20.4. The molecule has 0 aliphatic carbocycles. The number of amides is 1. The van der Waals surface area contributed by atoms with Crippen molar-refractivity contribution in [2.45, 2.75) is 38.1 Å². The summed E-state index contributed by atoms with van der Waals surface area (Å²) in [4.78, 5) is 16.4. The summed E-state index contributed by atoms with van der Waals surface area (Å²) in [6, 6.07) is 11.4. The Morgan fingerprint density at radius 1 is 1.20 bits per heavy atom. The van der Waals surface area contributed by atoms with Gasteiger partial charge >= 0.3 is 0 Å². The van der Waals surface area contributed by atoms with E-state index in [1.54, 1.807) is 6.07 Å². The van der Waals surface area contributed by atoms with Gasteiger partial charge < -0.3 is 25.3 Å². The highest BCUT2D eigenvalue weighted by atomic mass is 16.5. The predicted molar refractivity (Wildman–Crippen MR) is 116 cm³/mol. The molecule has 6 heteroatoms. The molecular formula is C24H28N2O4. The lowest BCUT2D eigenvalue weighted by molar-refractivity contribution is 0.0912. The number of hydrogen-bond donors (Lipinski definition) is 4. The Balaban J connectivity index is 1.57. The summed E-state index contributed by atoms with van der Waals surface area (Å²) in [6.07, 6.45) is 5.75. The number of aromatic amines is 1. The highest BCUT2D eigenvalue weighted by molar-refractivity contribution is 5.98. The number of nitrogens with one attached hydrogen (secondary N) is 2. The van der Waals surface area contributed by atoms with Crippen molar-refractivity contribution in [3.05, 3.63) is 64.8 Å². The van der Waals surface area contributed by atoms with E-state index in [0.29, 0.717) is 30.8 Å². The number of aliphatic hydroxyl groups is 2. The molecule has 2 heterocycles. The molecule has 1 aliphatic heterocycles. The highest BCUT2D eigenvalue weighted by Crippen LogP contribution is 2.30. The number of aryl methyl sites for hydroxylation is 1. The molecule has 1 aliphatic rings. The number of hydrogen-bond acceptors (Lipinski definition) is 4. The average Bonchev–Trinajstić information content (AvgIpc) is 3.01. The minimum atomic E-state index is -0.417. The second kappa shape index (κ2) is 9.32. The van der Waals surface area contributed by atoms with Gasteiger partial charge in [0.1, 0.15) is 5.75 Å². The summed E-state index contributed by atoms with van der Waals surface area (Å²) >= 11 is 0. The van der Waals surface area contributed by atoms with Crippen LogP contribution in [0.1, 0.15) is 39.9 Å². The summed E-state index contributed by atoms with van der Waals surface area (Å²) in [6.45, 7) is 0.455. The standard InChI is InChI=1S/C24H28N2O4/c27-9-8-16-11-17-5-3-4-10-30-23(17)21(12-16)24(29)26-19(15-28)13-18-14-25-22-7-2-1-6-20(18)22/h1-2,6-7,11-12,14,19,25,27-28H,3-5,8-10,13,15H2,(H,26,29)/t19-/m1/s1. The van der Waals surface area contributed by atoms with Crippen LogP contribution in [0.4, 0.5) is 0 Å². The summed E-state index contributed by atoms with van der Waals surface area (Å²) < 4.78 is 5.92. The number of aliphatic hydroxyl groups excluding tert-OH is 2. The summed E-state index contributed by atoms with van der Waals surface area (Å²) in [5.41, 5.74) is 4.50. The second-order valence-corrected chi connectivity index (χ2v) is 7.83. The Hall–Kier alpha value is -2.83. The third-order valence-electron chi connectivity index (χ3n) is 5.65. The van der Waals surface area contributed by atoms with Gasteiger partial charge in [-0.15, -0.1) is 0 Å². The lowest BCUT2D eigenvalue weighted by atomic mass is 9.98. The minimum Gasteiger partial charge on any atom is -0.492 e. The molecule has 3 aromatic rings. The Morgan fingerprint density at radius 2 is 2.07 bits per heavy atom. The topological polar surface area (TPSA) is 94.6 Å². The largest absolute Gasteiger partial charge is 0.492 e. The van der Waals surface area contributed by atoms with Crippen molar-refractivity contribution in [3.8, 4) is 5.75 Å². The van der Waals surface area contributed by atoms with Crippen LogP contribution in [0.3, 0.4) is 0 Å². The van der Waals surface area contributed by atoms with Gasteiger partial charge in [0.25, 0.3) is 5.91 Å². The number of rotatable bonds is 7. The molecule has 0 saturated heterocycles. The summed E-state index contributed by atoms with van der Waals surface area (Å²) in [5.74, 6) is 0.377. The fourth-order valence-corrected chi connectivity index (χ4v) is 4.14. The first-order chi connectivity index (χ1) is 14.7. The number of H-pyrrole nitrogens is 1. The molecular weight excluding hydrogens is 380 g/mol. The van der Waals surface area contributed by atoms with Crippen molar-refractivity contribution >= 4 is 16.8 Å². The van der Waals surface area contributed by atoms with E-state index in [4.69, 9.17) is 4.74 Å². The van der Waals surface area contributed by atoms with E-state index < -0.39 is 6.04 Å². The average molecular weight is 408 g/mol. The molecule has 6 nitrogen and oxygen atoms in total. The van der Waals surface area contributed by atoms with E-state index in [9.17, 15) is 15.0 Å². The van der Waals surface area contributed by atoms with Crippen LogP contribution in [0.15, 0.2) is 42.6 Å². The molecule has 1 aromatic heterocycles. The Morgan fingerprint density at radius 3 is 2.90 bits per heavy atom. The van der Waals surface area contributed by atoms with E-state index in [1.165, 1.54) is 0 Å². The van der Waals surface area contributed by atoms with E-state index in [-0.39, 0.29) is 19.1 Å². The predicted octanol–water partition coefficient (Wildman–Crippen LogP) is 2.75. The van der Waals surface area contributed by atoms with E-state index in [0.717, 1.165) is 46.9 Å². The van der Waals surface area contributed by atoms with Crippen molar-refractivity contribution in [2.75, 3.05) is 19.8 Å². The zero-order chi connectivity index (χ0) is 20.9. The number of para-hydroxylation sites is 1. The first-order valence-electron chi connectivity index (χ1n) is 10.6. The van der Waals surface area contributed by atoms with Gasteiger partial charge in [-0.25, -0.2) is 0 Å². The van der Waals surface area contributed by atoms with Gasteiger partial charge in [-0.2, -0.15) is 0 Å². The van der Waals surface area contributed by atoms with Crippen LogP contribution < -0.4 is 10.1 Å². The lowest BCUT2D eigenvalue weighted by Gasteiger charge is -2.19. The normalized spacial score (nSPS) is 14.6. The molecule has 0 bridgehead atoms. The molecule has 0 saturated carbocycles. The Bertz CT molecular complexity index is 1030. The molecule has 2 aromatic carbocycles. The molecule has 1 amide bonds. The molecule has 158 valence electrons. The molecule has 0 fully saturated rings. The van der Waals surface area contributed by atoms with E-state index >= 15 is 0 Å². The quantitative estimate of drug-likeness (QED) is 0.484. The molecule has 4 rings (SSSR count). The van der Waals surface area contributed by atoms with Gasteiger partial charge in [0.05, 0.1) is 24.8 Å². The van der Waals surface area contributed by atoms with Crippen molar-refractivity contribution in [2.24, 2.45) is 0 Å². The van der Waals surface area contributed by atoms with Crippen molar-refractivity contribution in [3.63, 3.8) is 0 Å². The fraction of sp³-hybridized carbons (Fsp3) is 0.375. The second-order valence-electron chi connectivity index (χ2n) is 7.83. The van der Waals surface area contributed by atoms with Gasteiger partial charge in [-0.1, -0.05) is 24.3 Å². The molecule has 1 atom stereocenters. The Kier molecular flexibility index (Phi) is 6.35. The zero-order valence-corrected chi connectivity index (χ0v) is 17.0. The Labute approximate surface area is 175 Å². The van der Waals surface area contributed by atoms with Crippen LogP contribution in [0, 0.1) is 0 Å². The van der Waals surface area contributed by atoms with Crippen LogP contribution in [-0.2, 0) is 19.3 Å².